The summed E-state index contributed by atoms with van der Waals surface area (Å²) < 4.78 is 0. The van der Waals surface area contributed by atoms with Gasteiger partial charge < -0.3 is 15.9 Å². The summed E-state index contributed by atoms with van der Waals surface area (Å²) in [7, 11) is 0. The Morgan fingerprint density at radius 1 is 1.10 bits per heavy atom. The highest BCUT2D eigenvalue weighted by atomic mass is 16.3. The van der Waals surface area contributed by atoms with Gasteiger partial charge in [0.25, 0.3) is 0 Å². The Labute approximate surface area is 59.8 Å². The van der Waals surface area contributed by atoms with Crippen LogP contribution in [0.3, 0.4) is 0 Å². The molecule has 2 fully saturated rings. The van der Waals surface area contributed by atoms with Gasteiger partial charge in [-0.25, -0.2) is 0 Å². The Morgan fingerprint density at radius 2 is 1.80 bits per heavy atom. The van der Waals surface area contributed by atoms with Crippen LogP contribution in [0.1, 0.15) is 12.8 Å². The van der Waals surface area contributed by atoms with E-state index in [-0.39, 0.29) is 17.9 Å². The molecule has 2 aliphatic rings. The van der Waals surface area contributed by atoms with Crippen LogP contribution in [0.2, 0.25) is 0 Å². The molecule has 2 aliphatic carbocycles. The molecule has 0 aromatic carbocycles. The van der Waals surface area contributed by atoms with Crippen molar-refractivity contribution in [1.82, 2.24) is 0 Å². The van der Waals surface area contributed by atoms with Crippen LogP contribution in [0, 0.1) is 11.8 Å². The Kier molecular flexibility index (Phi) is 1.27. The van der Waals surface area contributed by atoms with Crippen LogP contribution in [-0.2, 0) is 0 Å². The summed E-state index contributed by atoms with van der Waals surface area (Å²) in [5.41, 5.74) is 5.70. The van der Waals surface area contributed by atoms with Gasteiger partial charge in [-0.3, -0.25) is 0 Å². The van der Waals surface area contributed by atoms with Gasteiger partial charge in [-0.15, -0.1) is 0 Å². The van der Waals surface area contributed by atoms with Gasteiger partial charge in [-0.1, -0.05) is 0 Å². The van der Waals surface area contributed by atoms with Gasteiger partial charge in [0.05, 0.1) is 12.2 Å². The van der Waals surface area contributed by atoms with E-state index in [0.29, 0.717) is 0 Å². The van der Waals surface area contributed by atoms with E-state index in [1.54, 1.807) is 0 Å². The molecule has 0 aromatic heterocycles. The van der Waals surface area contributed by atoms with Crippen molar-refractivity contribution in [2.75, 3.05) is 0 Å². The van der Waals surface area contributed by atoms with Gasteiger partial charge in [-0.05, 0) is 18.8 Å². The third-order valence-electron chi connectivity index (χ3n) is 2.97. The van der Waals surface area contributed by atoms with Gasteiger partial charge in [0, 0.05) is 12.0 Å². The van der Waals surface area contributed by atoms with E-state index in [9.17, 15) is 10.2 Å². The second-order valence-electron chi connectivity index (χ2n) is 3.54. The number of aliphatic hydroxyl groups excluding tert-OH is 2. The SMILES string of the molecule is NC1CC2CC1C(O)C2O. The first-order valence-electron chi connectivity index (χ1n) is 3.82. The molecule has 3 heteroatoms. The van der Waals surface area contributed by atoms with E-state index in [4.69, 9.17) is 5.73 Å². The van der Waals surface area contributed by atoms with E-state index in [0.717, 1.165) is 12.8 Å². The summed E-state index contributed by atoms with van der Waals surface area (Å²) >= 11 is 0. The zero-order chi connectivity index (χ0) is 7.30. The van der Waals surface area contributed by atoms with Crippen LogP contribution in [0.25, 0.3) is 0 Å². The van der Waals surface area contributed by atoms with Crippen LogP contribution in [0.4, 0.5) is 0 Å². The molecule has 0 spiro atoms. The fourth-order valence-electron chi connectivity index (χ4n) is 2.35. The first kappa shape index (κ1) is 6.58. The maximum atomic E-state index is 9.33. The number of rotatable bonds is 0. The maximum Gasteiger partial charge on any atom is 0.0844 e. The van der Waals surface area contributed by atoms with Gasteiger partial charge in [0.1, 0.15) is 0 Å². The topological polar surface area (TPSA) is 66.5 Å². The van der Waals surface area contributed by atoms with Crippen LogP contribution in [-0.4, -0.2) is 28.5 Å². The lowest BCUT2D eigenvalue weighted by atomic mass is 9.91. The molecule has 0 radical (unpaired) electrons. The normalized spacial score (nSPS) is 59.7. The average Bonchev–Trinajstić information content (AvgIpc) is 2.36. The highest BCUT2D eigenvalue weighted by molar-refractivity contribution is 5.02. The summed E-state index contributed by atoms with van der Waals surface area (Å²) in [6.07, 6.45) is 0.769. The number of fused-ring (bicyclic) bond motifs is 2. The molecule has 2 bridgehead atoms. The lowest BCUT2D eigenvalue weighted by Gasteiger charge is -2.26. The van der Waals surface area contributed by atoms with Crippen molar-refractivity contribution in [2.45, 2.75) is 31.1 Å². The zero-order valence-electron chi connectivity index (χ0n) is 5.77. The van der Waals surface area contributed by atoms with Crippen LogP contribution >= 0.6 is 0 Å². The van der Waals surface area contributed by atoms with Crippen LogP contribution < -0.4 is 5.73 Å². The van der Waals surface area contributed by atoms with E-state index in [1.165, 1.54) is 0 Å². The fourth-order valence-corrected chi connectivity index (χ4v) is 2.35. The number of hydrogen-bond acceptors (Lipinski definition) is 3. The minimum absolute atomic E-state index is 0.128. The zero-order valence-corrected chi connectivity index (χ0v) is 5.77. The fraction of sp³-hybridized carbons (Fsp3) is 1.00. The molecular formula is C7H13NO2. The molecule has 0 saturated heterocycles. The Balaban J connectivity index is 2.16. The van der Waals surface area contributed by atoms with E-state index in [1.807, 2.05) is 0 Å². The molecule has 5 atom stereocenters. The van der Waals surface area contributed by atoms with Crippen molar-refractivity contribution in [2.24, 2.45) is 17.6 Å². The number of hydrogen-bond donors (Lipinski definition) is 3. The molecule has 5 unspecified atom stereocenters. The van der Waals surface area contributed by atoms with Gasteiger partial charge in [0.15, 0.2) is 0 Å². The van der Waals surface area contributed by atoms with Crippen molar-refractivity contribution in [3.8, 4) is 0 Å². The monoisotopic (exact) mass is 143 g/mol. The second-order valence-corrected chi connectivity index (χ2v) is 3.54. The minimum Gasteiger partial charge on any atom is -0.390 e. The highest BCUT2D eigenvalue weighted by Gasteiger charge is 2.50. The average molecular weight is 143 g/mol. The van der Waals surface area contributed by atoms with Crippen molar-refractivity contribution < 1.29 is 10.2 Å². The number of nitrogens with two attached hydrogens (primary N) is 1. The van der Waals surface area contributed by atoms with E-state index < -0.39 is 12.2 Å². The van der Waals surface area contributed by atoms with Crippen molar-refractivity contribution in [1.29, 1.82) is 0 Å². The van der Waals surface area contributed by atoms with Crippen molar-refractivity contribution in [3.05, 3.63) is 0 Å². The third kappa shape index (κ3) is 0.654. The quantitative estimate of drug-likeness (QED) is 0.410. The molecule has 58 valence electrons. The third-order valence-corrected chi connectivity index (χ3v) is 2.97. The summed E-state index contributed by atoms with van der Waals surface area (Å²) in [5.74, 6) is 0.440. The molecule has 0 heterocycles. The second kappa shape index (κ2) is 1.94. The molecule has 0 aliphatic heterocycles. The van der Waals surface area contributed by atoms with Gasteiger partial charge in [-0.2, -0.15) is 0 Å². The van der Waals surface area contributed by atoms with Crippen molar-refractivity contribution >= 4 is 0 Å². The summed E-state index contributed by atoms with van der Waals surface area (Å²) in [4.78, 5) is 0. The van der Waals surface area contributed by atoms with Crippen molar-refractivity contribution in [3.63, 3.8) is 0 Å². The van der Waals surface area contributed by atoms with Crippen LogP contribution in [0.15, 0.2) is 0 Å². The highest BCUT2D eigenvalue weighted by Crippen LogP contribution is 2.43. The molecular weight excluding hydrogens is 130 g/mol. The summed E-state index contributed by atoms with van der Waals surface area (Å²) in [5, 5.41) is 18.6. The minimum atomic E-state index is -0.547. The molecule has 4 N–H and O–H groups in total. The molecule has 2 saturated carbocycles. The number of aliphatic hydroxyl groups is 2. The molecule has 3 nitrogen and oxygen atoms in total. The standard InChI is InChI=1S/C7H13NO2/c8-5-2-3-1-4(5)7(10)6(3)9/h3-7,9-10H,1-2,8H2. The maximum absolute atomic E-state index is 9.33. The molecule has 0 amide bonds. The smallest absolute Gasteiger partial charge is 0.0844 e. The lowest BCUT2D eigenvalue weighted by Crippen LogP contribution is -2.42. The summed E-state index contributed by atoms with van der Waals surface area (Å²) in [6.45, 7) is 0. The lowest BCUT2D eigenvalue weighted by molar-refractivity contribution is -0.0216. The van der Waals surface area contributed by atoms with Gasteiger partial charge >= 0.3 is 0 Å². The largest absolute Gasteiger partial charge is 0.390 e. The van der Waals surface area contributed by atoms with E-state index in [2.05, 4.69) is 0 Å². The van der Waals surface area contributed by atoms with Gasteiger partial charge in [0.2, 0.25) is 0 Å². The Morgan fingerprint density at radius 3 is 2.20 bits per heavy atom. The predicted molar refractivity (Wildman–Crippen MR) is 36.2 cm³/mol. The van der Waals surface area contributed by atoms with Crippen LogP contribution in [0.5, 0.6) is 0 Å². The summed E-state index contributed by atoms with van der Waals surface area (Å²) in [6, 6.07) is 0.128. The first-order chi connectivity index (χ1) is 4.70. The Hall–Kier alpha value is -0.120. The molecule has 10 heavy (non-hydrogen) atoms. The Bertz CT molecular complexity index is 149. The molecule has 2 rings (SSSR count). The van der Waals surface area contributed by atoms with E-state index >= 15 is 0 Å². The predicted octanol–water partition coefficient (Wildman–Crippen LogP) is -0.925. The molecule has 0 aromatic rings. The first-order valence-corrected chi connectivity index (χ1v) is 3.82.